The van der Waals surface area contributed by atoms with Gasteiger partial charge in [0.05, 0.1) is 11.4 Å². The minimum atomic E-state index is -3.26. The number of amides is 2. The quantitative estimate of drug-likeness (QED) is 0.815. The van der Waals surface area contributed by atoms with Gasteiger partial charge in [-0.2, -0.15) is 0 Å². The zero-order chi connectivity index (χ0) is 16.2. The van der Waals surface area contributed by atoms with Gasteiger partial charge in [0.25, 0.3) is 0 Å². The van der Waals surface area contributed by atoms with E-state index in [1.165, 1.54) is 4.31 Å². The zero-order valence-corrected chi connectivity index (χ0v) is 13.4. The molecule has 6 nitrogen and oxygen atoms in total. The van der Waals surface area contributed by atoms with Crippen LogP contribution in [0, 0.1) is 0 Å². The first-order valence-electron chi connectivity index (χ1n) is 7.27. The monoisotopic (exact) mass is 323 g/mol. The van der Waals surface area contributed by atoms with Crippen molar-refractivity contribution in [2.45, 2.75) is 19.8 Å². The van der Waals surface area contributed by atoms with Crippen LogP contribution >= 0.6 is 0 Å². The Morgan fingerprint density at radius 1 is 1.45 bits per heavy atom. The molecule has 1 heterocycles. The predicted molar refractivity (Wildman–Crippen MR) is 88.8 cm³/mol. The van der Waals surface area contributed by atoms with E-state index < -0.39 is 10.0 Å². The number of nitrogens with one attached hydrogen (secondary N) is 2. The molecule has 0 fully saturated rings. The van der Waals surface area contributed by atoms with Crippen LogP contribution in [0.1, 0.15) is 18.9 Å². The van der Waals surface area contributed by atoms with Crippen molar-refractivity contribution in [3.63, 3.8) is 0 Å². The van der Waals surface area contributed by atoms with Crippen molar-refractivity contribution in [2.75, 3.05) is 28.5 Å². The van der Waals surface area contributed by atoms with E-state index in [0.29, 0.717) is 24.5 Å². The molecule has 0 radical (unpaired) electrons. The van der Waals surface area contributed by atoms with Gasteiger partial charge in [0, 0.05) is 18.8 Å². The largest absolute Gasteiger partial charge is 0.334 e. The number of carbonyl (C=O) groups is 1. The van der Waals surface area contributed by atoms with Crippen molar-refractivity contribution in [2.24, 2.45) is 0 Å². The number of carbonyl (C=O) groups excluding carboxylic acids is 1. The van der Waals surface area contributed by atoms with Crippen LogP contribution in [-0.4, -0.2) is 33.3 Å². The Hall–Kier alpha value is -2.02. The Morgan fingerprint density at radius 2 is 2.23 bits per heavy atom. The summed E-state index contributed by atoms with van der Waals surface area (Å²) in [5.41, 5.74) is 2.30. The van der Waals surface area contributed by atoms with Crippen molar-refractivity contribution < 1.29 is 13.2 Å². The van der Waals surface area contributed by atoms with Crippen LogP contribution in [0.25, 0.3) is 0 Å². The molecular weight excluding hydrogens is 302 g/mol. The Balaban J connectivity index is 2.21. The van der Waals surface area contributed by atoms with E-state index in [2.05, 4.69) is 17.2 Å². The molecule has 2 amide bonds. The number of nitrogens with zero attached hydrogens (tertiary/aromatic N) is 1. The summed E-state index contributed by atoms with van der Waals surface area (Å²) in [6, 6.07) is 4.99. The van der Waals surface area contributed by atoms with Crippen molar-refractivity contribution in [3.05, 3.63) is 36.4 Å². The minimum absolute atomic E-state index is 0.0798. The predicted octanol–water partition coefficient (Wildman–Crippen LogP) is 2.10. The zero-order valence-electron chi connectivity index (χ0n) is 12.6. The maximum Gasteiger partial charge on any atom is 0.319 e. The molecule has 120 valence electrons. The van der Waals surface area contributed by atoms with Gasteiger partial charge >= 0.3 is 6.03 Å². The number of aryl methyl sites for hydroxylation is 1. The topological polar surface area (TPSA) is 78.5 Å². The van der Waals surface area contributed by atoms with Gasteiger partial charge in [-0.1, -0.05) is 6.08 Å². The third-order valence-corrected chi connectivity index (χ3v) is 5.30. The van der Waals surface area contributed by atoms with Gasteiger partial charge in [-0.05, 0) is 43.5 Å². The highest BCUT2D eigenvalue weighted by molar-refractivity contribution is 7.92. The van der Waals surface area contributed by atoms with Crippen LogP contribution in [0.2, 0.25) is 0 Å². The molecule has 0 aromatic heterocycles. The summed E-state index contributed by atoms with van der Waals surface area (Å²) < 4.78 is 25.7. The second kappa shape index (κ2) is 6.83. The molecule has 0 bridgehead atoms. The van der Waals surface area contributed by atoms with Crippen LogP contribution < -0.4 is 14.9 Å². The lowest BCUT2D eigenvalue weighted by atomic mass is 10.0. The van der Waals surface area contributed by atoms with Gasteiger partial charge in [0.1, 0.15) is 0 Å². The third kappa shape index (κ3) is 3.59. The van der Waals surface area contributed by atoms with E-state index in [1.807, 2.05) is 6.07 Å². The second-order valence-corrected chi connectivity index (χ2v) is 7.23. The van der Waals surface area contributed by atoms with E-state index in [1.54, 1.807) is 25.1 Å². The highest BCUT2D eigenvalue weighted by Gasteiger charge is 2.26. The van der Waals surface area contributed by atoms with Gasteiger partial charge < -0.3 is 10.6 Å². The number of fused-ring (bicyclic) bond motifs is 1. The maximum absolute atomic E-state index is 12.1. The summed E-state index contributed by atoms with van der Waals surface area (Å²) in [5.74, 6) is 0.0798. The smallest absolute Gasteiger partial charge is 0.319 e. The minimum Gasteiger partial charge on any atom is -0.334 e. The SMILES string of the molecule is C=CCNC(=O)Nc1ccc2c(c1)CCCN2S(=O)(=O)CC. The molecule has 0 aliphatic carbocycles. The summed E-state index contributed by atoms with van der Waals surface area (Å²) in [4.78, 5) is 11.6. The molecule has 1 aliphatic heterocycles. The maximum atomic E-state index is 12.1. The first-order valence-corrected chi connectivity index (χ1v) is 8.88. The Labute approximate surface area is 131 Å². The first kappa shape index (κ1) is 16.4. The van der Waals surface area contributed by atoms with Crippen LogP contribution in [0.15, 0.2) is 30.9 Å². The van der Waals surface area contributed by atoms with E-state index in [4.69, 9.17) is 0 Å². The Bertz CT molecular complexity index is 671. The molecule has 2 rings (SSSR count). The van der Waals surface area contributed by atoms with Crippen molar-refractivity contribution in [1.29, 1.82) is 0 Å². The van der Waals surface area contributed by atoms with E-state index in [-0.39, 0.29) is 11.8 Å². The van der Waals surface area contributed by atoms with Gasteiger partial charge in [-0.15, -0.1) is 6.58 Å². The molecule has 1 aliphatic rings. The molecule has 7 heteroatoms. The number of urea groups is 1. The number of anilines is 2. The molecule has 0 saturated carbocycles. The summed E-state index contributed by atoms with van der Waals surface area (Å²) >= 11 is 0. The summed E-state index contributed by atoms with van der Waals surface area (Å²) in [6.07, 6.45) is 3.17. The van der Waals surface area contributed by atoms with Gasteiger partial charge in [0.15, 0.2) is 0 Å². The molecule has 2 N–H and O–H groups in total. The lowest BCUT2D eigenvalue weighted by molar-refractivity contribution is 0.253. The number of hydrogen-bond acceptors (Lipinski definition) is 3. The second-order valence-electron chi connectivity index (χ2n) is 5.04. The van der Waals surface area contributed by atoms with Crippen LogP contribution in [-0.2, 0) is 16.4 Å². The van der Waals surface area contributed by atoms with Gasteiger partial charge in [0.2, 0.25) is 10.0 Å². The van der Waals surface area contributed by atoms with Gasteiger partial charge in [-0.3, -0.25) is 4.31 Å². The van der Waals surface area contributed by atoms with E-state index >= 15 is 0 Å². The molecule has 0 spiro atoms. The fourth-order valence-corrected chi connectivity index (χ4v) is 3.62. The number of sulfonamides is 1. The molecule has 22 heavy (non-hydrogen) atoms. The van der Waals surface area contributed by atoms with Crippen molar-refractivity contribution >= 4 is 27.4 Å². The summed E-state index contributed by atoms with van der Waals surface area (Å²) in [5, 5.41) is 5.36. The standard InChI is InChI=1S/C15H21N3O3S/c1-3-9-16-15(19)17-13-7-8-14-12(11-13)6-5-10-18(14)22(20,21)4-2/h3,7-8,11H,1,4-6,9-10H2,2H3,(H2,16,17,19). The van der Waals surface area contributed by atoms with Crippen LogP contribution in [0.4, 0.5) is 16.2 Å². The molecule has 0 saturated heterocycles. The molecule has 0 atom stereocenters. The summed E-state index contributed by atoms with van der Waals surface area (Å²) in [6.45, 7) is 6.07. The highest BCUT2D eigenvalue weighted by Crippen LogP contribution is 2.31. The lowest BCUT2D eigenvalue weighted by Crippen LogP contribution is -2.36. The number of rotatable bonds is 5. The fourth-order valence-electron chi connectivity index (χ4n) is 2.43. The highest BCUT2D eigenvalue weighted by atomic mass is 32.2. The van der Waals surface area contributed by atoms with Gasteiger partial charge in [-0.25, -0.2) is 13.2 Å². The van der Waals surface area contributed by atoms with E-state index in [9.17, 15) is 13.2 Å². The number of benzene rings is 1. The molecule has 1 aromatic rings. The average molecular weight is 323 g/mol. The lowest BCUT2D eigenvalue weighted by Gasteiger charge is -2.30. The molecular formula is C15H21N3O3S. The van der Waals surface area contributed by atoms with Crippen LogP contribution in [0.5, 0.6) is 0 Å². The fraction of sp³-hybridized carbons (Fsp3) is 0.400. The van der Waals surface area contributed by atoms with E-state index in [0.717, 1.165) is 18.4 Å². The normalized spacial score (nSPS) is 14.1. The third-order valence-electron chi connectivity index (χ3n) is 3.52. The average Bonchev–Trinajstić information content (AvgIpc) is 2.52. The molecule has 0 unspecified atom stereocenters. The molecule has 1 aromatic carbocycles. The number of hydrogen-bond donors (Lipinski definition) is 2. The van der Waals surface area contributed by atoms with Crippen molar-refractivity contribution in [1.82, 2.24) is 5.32 Å². The van der Waals surface area contributed by atoms with Crippen LogP contribution in [0.3, 0.4) is 0 Å². The first-order chi connectivity index (χ1) is 10.5. The summed E-state index contributed by atoms with van der Waals surface area (Å²) in [7, 11) is -3.26. The Morgan fingerprint density at radius 3 is 2.91 bits per heavy atom. The Kier molecular flexibility index (Phi) is 5.07. The van der Waals surface area contributed by atoms with Crippen molar-refractivity contribution in [3.8, 4) is 0 Å².